The van der Waals surface area contributed by atoms with Crippen LogP contribution in [0.2, 0.25) is 0 Å². The Bertz CT molecular complexity index is 411. The van der Waals surface area contributed by atoms with Crippen molar-refractivity contribution in [2.24, 2.45) is 5.41 Å². The fourth-order valence-corrected chi connectivity index (χ4v) is 2.22. The highest BCUT2D eigenvalue weighted by molar-refractivity contribution is 5.91. The van der Waals surface area contributed by atoms with Gasteiger partial charge in [-0.3, -0.25) is 9.89 Å². The number of aromatic nitrogens is 2. The number of carbonyl (C=O) groups is 1. The lowest BCUT2D eigenvalue weighted by Crippen LogP contribution is -2.20. The first-order chi connectivity index (χ1) is 7.78. The van der Waals surface area contributed by atoms with Gasteiger partial charge in [0.05, 0.1) is 5.69 Å². The van der Waals surface area contributed by atoms with Crippen LogP contribution in [0.5, 0.6) is 0 Å². The fourth-order valence-electron chi connectivity index (χ4n) is 2.22. The van der Waals surface area contributed by atoms with Crippen molar-refractivity contribution in [2.45, 2.75) is 47.5 Å². The van der Waals surface area contributed by atoms with Crippen molar-refractivity contribution < 1.29 is 4.79 Å². The molecule has 2 rings (SSSR count). The Hall–Kier alpha value is -1.38. The van der Waals surface area contributed by atoms with Crippen LogP contribution in [0.1, 0.15) is 45.0 Å². The number of carbonyl (C=O) groups excluding carboxylic acids is 1. The molecule has 0 atom stereocenters. The molecule has 0 saturated carbocycles. The molecule has 94 valence electrons. The summed E-state index contributed by atoms with van der Waals surface area (Å²) >= 11 is 0. The summed E-state index contributed by atoms with van der Waals surface area (Å²) in [4.78, 5) is 11.0. The Morgan fingerprint density at radius 1 is 1.24 bits per heavy atom. The minimum Gasteiger partial charge on any atom is -0.295 e. The third-order valence-corrected chi connectivity index (χ3v) is 2.65. The quantitative estimate of drug-likeness (QED) is 0.748. The highest BCUT2D eigenvalue weighted by atomic mass is 16.1. The SMILES string of the molecule is CC1=CC(=O)CC(C)(C)C1.Cc1cc(C)[nH]n1. The smallest absolute Gasteiger partial charge is 0.156 e. The molecular formula is C14H22N2O. The van der Waals surface area contributed by atoms with Gasteiger partial charge < -0.3 is 0 Å². The maximum atomic E-state index is 11.0. The van der Waals surface area contributed by atoms with E-state index in [1.54, 1.807) is 6.08 Å². The number of aryl methyl sites for hydroxylation is 2. The zero-order valence-electron chi connectivity index (χ0n) is 11.4. The van der Waals surface area contributed by atoms with Gasteiger partial charge in [0.25, 0.3) is 0 Å². The molecular weight excluding hydrogens is 212 g/mol. The zero-order valence-corrected chi connectivity index (χ0v) is 11.4. The number of nitrogens with zero attached hydrogens (tertiary/aromatic N) is 1. The van der Waals surface area contributed by atoms with Crippen LogP contribution >= 0.6 is 0 Å². The number of allylic oxidation sites excluding steroid dienone is 2. The molecule has 0 spiro atoms. The first-order valence-corrected chi connectivity index (χ1v) is 5.97. The first-order valence-electron chi connectivity index (χ1n) is 5.97. The molecule has 0 bridgehead atoms. The predicted octanol–water partition coefficient (Wildman–Crippen LogP) is 3.35. The van der Waals surface area contributed by atoms with Crippen molar-refractivity contribution in [2.75, 3.05) is 0 Å². The fraction of sp³-hybridized carbons (Fsp3) is 0.571. The van der Waals surface area contributed by atoms with Crippen molar-refractivity contribution >= 4 is 5.78 Å². The molecule has 0 fully saturated rings. The summed E-state index contributed by atoms with van der Waals surface area (Å²) in [5.41, 5.74) is 3.60. The van der Waals surface area contributed by atoms with Gasteiger partial charge in [-0.1, -0.05) is 19.4 Å². The predicted molar refractivity (Wildman–Crippen MR) is 69.8 cm³/mol. The van der Waals surface area contributed by atoms with E-state index < -0.39 is 0 Å². The van der Waals surface area contributed by atoms with E-state index in [0.717, 1.165) is 17.8 Å². The number of rotatable bonds is 0. The van der Waals surface area contributed by atoms with E-state index in [-0.39, 0.29) is 11.2 Å². The lowest BCUT2D eigenvalue weighted by atomic mass is 9.77. The van der Waals surface area contributed by atoms with Gasteiger partial charge in [0.15, 0.2) is 5.78 Å². The summed E-state index contributed by atoms with van der Waals surface area (Å²) in [6.07, 6.45) is 3.55. The Kier molecular flexibility index (Phi) is 4.27. The van der Waals surface area contributed by atoms with E-state index in [4.69, 9.17) is 0 Å². The largest absolute Gasteiger partial charge is 0.295 e. The standard InChI is InChI=1S/C9H14O.C5H8N2/c1-7-4-8(10)6-9(2,3)5-7;1-4-3-5(2)7-6-4/h4H,5-6H2,1-3H3;3H,1-2H3,(H,6,7). The Balaban J connectivity index is 0.000000181. The molecule has 0 radical (unpaired) electrons. The molecule has 0 amide bonds. The Morgan fingerprint density at radius 3 is 2.18 bits per heavy atom. The van der Waals surface area contributed by atoms with Crippen LogP contribution < -0.4 is 0 Å². The molecule has 3 nitrogen and oxygen atoms in total. The van der Waals surface area contributed by atoms with Crippen LogP contribution in [0.25, 0.3) is 0 Å². The van der Waals surface area contributed by atoms with Gasteiger partial charge in [0.1, 0.15) is 0 Å². The number of hydrogen-bond acceptors (Lipinski definition) is 2. The van der Waals surface area contributed by atoms with E-state index in [0.29, 0.717) is 6.42 Å². The minimum atomic E-state index is 0.204. The molecule has 3 heteroatoms. The van der Waals surface area contributed by atoms with Crippen LogP contribution in [0, 0.1) is 19.3 Å². The second kappa shape index (κ2) is 5.30. The monoisotopic (exact) mass is 234 g/mol. The molecule has 17 heavy (non-hydrogen) atoms. The molecule has 1 N–H and O–H groups in total. The van der Waals surface area contributed by atoms with Crippen LogP contribution in [-0.4, -0.2) is 16.0 Å². The van der Waals surface area contributed by atoms with Gasteiger partial charge >= 0.3 is 0 Å². The maximum Gasteiger partial charge on any atom is 0.156 e. The van der Waals surface area contributed by atoms with E-state index in [1.165, 1.54) is 5.57 Å². The summed E-state index contributed by atoms with van der Waals surface area (Å²) in [7, 11) is 0. The van der Waals surface area contributed by atoms with Crippen molar-refractivity contribution in [3.05, 3.63) is 29.1 Å². The summed E-state index contributed by atoms with van der Waals surface area (Å²) in [5, 5.41) is 6.71. The van der Waals surface area contributed by atoms with Gasteiger partial charge in [0, 0.05) is 12.1 Å². The number of hydrogen-bond donors (Lipinski definition) is 1. The highest BCUT2D eigenvalue weighted by Crippen LogP contribution is 2.32. The van der Waals surface area contributed by atoms with Gasteiger partial charge in [0.2, 0.25) is 0 Å². The zero-order chi connectivity index (χ0) is 13.1. The van der Waals surface area contributed by atoms with E-state index in [2.05, 4.69) is 24.0 Å². The Morgan fingerprint density at radius 2 is 1.88 bits per heavy atom. The number of aromatic amines is 1. The van der Waals surface area contributed by atoms with Crippen molar-refractivity contribution in [1.29, 1.82) is 0 Å². The molecule has 0 aromatic carbocycles. The van der Waals surface area contributed by atoms with Gasteiger partial charge in [-0.25, -0.2) is 0 Å². The van der Waals surface area contributed by atoms with Gasteiger partial charge in [-0.15, -0.1) is 0 Å². The molecule has 0 saturated heterocycles. The summed E-state index contributed by atoms with van der Waals surface area (Å²) in [6, 6.07) is 2.00. The highest BCUT2D eigenvalue weighted by Gasteiger charge is 2.25. The second-order valence-corrected chi connectivity index (χ2v) is 5.67. The first kappa shape index (κ1) is 13.7. The van der Waals surface area contributed by atoms with Crippen molar-refractivity contribution in [1.82, 2.24) is 10.2 Å². The van der Waals surface area contributed by atoms with Crippen LogP contribution in [-0.2, 0) is 4.79 Å². The number of H-pyrrole nitrogens is 1. The lowest BCUT2D eigenvalue weighted by Gasteiger charge is -2.27. The van der Waals surface area contributed by atoms with Crippen LogP contribution in [0.3, 0.4) is 0 Å². The molecule has 1 aromatic heterocycles. The van der Waals surface area contributed by atoms with E-state index in [1.807, 2.05) is 26.8 Å². The van der Waals surface area contributed by atoms with Crippen molar-refractivity contribution in [3.63, 3.8) is 0 Å². The summed E-state index contributed by atoms with van der Waals surface area (Å²) < 4.78 is 0. The number of nitrogens with one attached hydrogen (secondary N) is 1. The maximum absolute atomic E-state index is 11.0. The molecule has 0 aliphatic heterocycles. The van der Waals surface area contributed by atoms with Crippen LogP contribution in [0.15, 0.2) is 17.7 Å². The summed E-state index contributed by atoms with van der Waals surface area (Å²) in [5.74, 6) is 0.286. The van der Waals surface area contributed by atoms with Gasteiger partial charge in [-0.2, -0.15) is 5.10 Å². The topological polar surface area (TPSA) is 45.8 Å². The van der Waals surface area contributed by atoms with E-state index in [9.17, 15) is 4.79 Å². The third kappa shape index (κ3) is 4.98. The normalized spacial score (nSPS) is 18.2. The molecule has 1 aliphatic rings. The Labute approximate surface area is 103 Å². The van der Waals surface area contributed by atoms with Crippen LogP contribution in [0.4, 0.5) is 0 Å². The van der Waals surface area contributed by atoms with Gasteiger partial charge in [-0.05, 0) is 44.7 Å². The molecule has 1 aromatic rings. The number of ketones is 1. The molecule has 1 heterocycles. The average molecular weight is 234 g/mol. The van der Waals surface area contributed by atoms with Crippen molar-refractivity contribution in [3.8, 4) is 0 Å². The second-order valence-electron chi connectivity index (χ2n) is 5.67. The molecule has 1 aliphatic carbocycles. The average Bonchev–Trinajstić information content (AvgIpc) is 2.45. The minimum absolute atomic E-state index is 0.204. The lowest BCUT2D eigenvalue weighted by molar-refractivity contribution is -0.117. The molecule has 0 unspecified atom stereocenters. The summed E-state index contributed by atoms with van der Waals surface area (Å²) in [6.45, 7) is 10.3. The third-order valence-electron chi connectivity index (χ3n) is 2.65. The van der Waals surface area contributed by atoms with E-state index >= 15 is 0 Å².